The Morgan fingerprint density at radius 2 is 1.35 bits per heavy atom. The Morgan fingerprint density at radius 1 is 0.870 bits per heavy atom. The van der Waals surface area contributed by atoms with E-state index in [0.717, 1.165) is 0 Å². The lowest BCUT2D eigenvalue weighted by Crippen LogP contribution is -2.10. The number of benzene rings is 2. The fourth-order valence-corrected chi connectivity index (χ4v) is 2.07. The molecule has 0 atom stereocenters. The molecule has 2 aromatic carbocycles. The van der Waals surface area contributed by atoms with Gasteiger partial charge in [0, 0.05) is 5.56 Å². The van der Waals surface area contributed by atoms with Gasteiger partial charge in [0.05, 0.1) is 10.9 Å². The normalized spacial score (nSPS) is 10.7. The van der Waals surface area contributed by atoms with Crippen LogP contribution in [-0.4, -0.2) is 11.1 Å². The number of hydrogen-bond donors (Lipinski definition) is 0. The van der Waals surface area contributed by atoms with E-state index in [1.165, 1.54) is 24.3 Å². The van der Waals surface area contributed by atoms with Crippen LogP contribution in [0.15, 0.2) is 24.3 Å². The fraction of sp³-hybridized carbons (Fsp3) is 0.133. The molecule has 2 nitrogen and oxygen atoms in total. The third-order valence-electron chi connectivity index (χ3n) is 2.98. The van der Waals surface area contributed by atoms with E-state index in [4.69, 9.17) is 4.74 Å². The smallest absolute Gasteiger partial charge is 0.200 e. The molecule has 2 rings (SSSR count). The molecule has 0 unspecified atom stereocenters. The van der Waals surface area contributed by atoms with Gasteiger partial charge < -0.3 is 4.74 Å². The Kier molecular flexibility index (Phi) is 5.35. The van der Waals surface area contributed by atoms with Crippen LogP contribution < -0.4 is 4.74 Å². The highest BCUT2D eigenvalue weighted by Gasteiger charge is 2.25. The molecular formula is C15H8BrF5O2. The Morgan fingerprint density at radius 3 is 1.83 bits per heavy atom. The van der Waals surface area contributed by atoms with Gasteiger partial charge in [-0.1, -0.05) is 15.9 Å². The third-order valence-corrected chi connectivity index (χ3v) is 3.49. The molecule has 0 aliphatic heterocycles. The van der Waals surface area contributed by atoms with E-state index < -0.39 is 41.3 Å². The zero-order valence-corrected chi connectivity index (χ0v) is 12.9. The predicted octanol–water partition coefficient (Wildman–Crippen LogP) is 4.54. The zero-order valence-electron chi connectivity index (χ0n) is 11.3. The van der Waals surface area contributed by atoms with Crippen LogP contribution in [0, 0.1) is 29.1 Å². The summed E-state index contributed by atoms with van der Waals surface area (Å²) in [4.78, 5) is 11.4. The summed E-state index contributed by atoms with van der Waals surface area (Å²) in [6.45, 7) is -0.850. The third kappa shape index (κ3) is 3.52. The van der Waals surface area contributed by atoms with Crippen molar-refractivity contribution in [2.24, 2.45) is 0 Å². The number of alkyl halides is 1. The molecule has 8 heteroatoms. The summed E-state index contributed by atoms with van der Waals surface area (Å²) in [5.74, 6) is -10.2. The SMILES string of the molecule is O=C(CBr)c1ccc(OCc2c(F)c(F)c(F)c(F)c2F)cc1. The standard InChI is InChI=1S/C15H8BrF5O2/c16-5-10(22)7-1-3-8(4-2-7)23-6-9-11(17)13(19)15(21)14(20)12(9)18/h1-4H,5-6H2. The van der Waals surface area contributed by atoms with Crippen LogP contribution in [0.1, 0.15) is 15.9 Å². The second-order valence-corrected chi connectivity index (χ2v) is 4.98. The number of carbonyl (C=O) groups is 1. The quantitative estimate of drug-likeness (QED) is 0.244. The molecule has 0 aliphatic carbocycles. The zero-order chi connectivity index (χ0) is 17.1. The van der Waals surface area contributed by atoms with Crippen molar-refractivity contribution in [1.82, 2.24) is 0 Å². The first kappa shape index (κ1) is 17.4. The number of carbonyl (C=O) groups excluding carboxylic acids is 1. The first-order chi connectivity index (χ1) is 10.9. The largest absolute Gasteiger partial charge is 0.489 e. The van der Waals surface area contributed by atoms with E-state index in [9.17, 15) is 26.7 Å². The van der Waals surface area contributed by atoms with E-state index in [2.05, 4.69) is 15.9 Å². The molecule has 0 radical (unpaired) electrons. The van der Waals surface area contributed by atoms with Gasteiger partial charge in [-0.25, -0.2) is 22.0 Å². The molecule has 0 fully saturated rings. The second kappa shape index (κ2) is 7.08. The summed E-state index contributed by atoms with van der Waals surface area (Å²) >= 11 is 3.00. The lowest BCUT2D eigenvalue weighted by Gasteiger charge is -2.10. The lowest BCUT2D eigenvalue weighted by atomic mass is 10.1. The van der Waals surface area contributed by atoms with Gasteiger partial charge >= 0.3 is 0 Å². The van der Waals surface area contributed by atoms with Crippen molar-refractivity contribution in [3.8, 4) is 5.75 Å². The summed E-state index contributed by atoms with van der Waals surface area (Å²) in [6.07, 6.45) is 0. The summed E-state index contributed by atoms with van der Waals surface area (Å²) in [7, 11) is 0. The summed E-state index contributed by atoms with van der Waals surface area (Å²) < 4.78 is 71.0. The molecule has 0 heterocycles. The van der Waals surface area contributed by atoms with Gasteiger partial charge in [-0.05, 0) is 24.3 Å². The fourth-order valence-electron chi connectivity index (χ4n) is 1.75. The van der Waals surface area contributed by atoms with Crippen molar-refractivity contribution < 1.29 is 31.5 Å². The van der Waals surface area contributed by atoms with Crippen molar-refractivity contribution in [3.05, 3.63) is 64.5 Å². The van der Waals surface area contributed by atoms with E-state index >= 15 is 0 Å². The predicted molar refractivity (Wildman–Crippen MR) is 75.1 cm³/mol. The highest BCUT2D eigenvalue weighted by molar-refractivity contribution is 9.09. The molecule has 0 saturated carbocycles. The molecule has 0 spiro atoms. The van der Waals surface area contributed by atoms with Crippen molar-refractivity contribution in [3.63, 3.8) is 0 Å². The average molecular weight is 395 g/mol. The molecule has 0 N–H and O–H groups in total. The number of rotatable bonds is 5. The summed E-state index contributed by atoms with van der Waals surface area (Å²) in [5, 5.41) is 0.123. The Bertz CT molecular complexity index is 718. The highest BCUT2D eigenvalue weighted by Crippen LogP contribution is 2.24. The maximum Gasteiger partial charge on any atom is 0.200 e. The molecule has 0 aliphatic rings. The van der Waals surface area contributed by atoms with Crippen molar-refractivity contribution in [2.45, 2.75) is 6.61 Å². The van der Waals surface area contributed by atoms with Crippen molar-refractivity contribution in [1.29, 1.82) is 0 Å². The molecule has 122 valence electrons. The molecule has 0 saturated heterocycles. The van der Waals surface area contributed by atoms with Crippen molar-refractivity contribution in [2.75, 3.05) is 5.33 Å². The maximum absolute atomic E-state index is 13.5. The molecular weight excluding hydrogens is 387 g/mol. The average Bonchev–Trinajstić information content (AvgIpc) is 2.58. The molecule has 0 bridgehead atoms. The highest BCUT2D eigenvalue weighted by atomic mass is 79.9. The first-order valence-electron chi connectivity index (χ1n) is 6.19. The van der Waals surface area contributed by atoms with E-state index in [-0.39, 0.29) is 16.9 Å². The lowest BCUT2D eigenvalue weighted by molar-refractivity contribution is 0.102. The van der Waals surface area contributed by atoms with Gasteiger partial charge in [0.15, 0.2) is 29.1 Å². The molecule has 23 heavy (non-hydrogen) atoms. The van der Waals surface area contributed by atoms with Gasteiger partial charge in [-0.3, -0.25) is 4.79 Å². The van der Waals surface area contributed by atoms with Crippen LogP contribution in [-0.2, 0) is 6.61 Å². The van der Waals surface area contributed by atoms with Crippen LogP contribution in [0.3, 0.4) is 0 Å². The Hall–Kier alpha value is -1.96. The summed E-state index contributed by atoms with van der Waals surface area (Å²) in [5.41, 5.74) is -0.688. The topological polar surface area (TPSA) is 26.3 Å². The second-order valence-electron chi connectivity index (χ2n) is 4.42. The number of ketones is 1. The minimum atomic E-state index is -2.22. The number of ether oxygens (including phenoxy) is 1. The van der Waals surface area contributed by atoms with Gasteiger partial charge in [0.1, 0.15) is 12.4 Å². The van der Waals surface area contributed by atoms with Crippen LogP contribution in [0.5, 0.6) is 5.75 Å². The molecule has 0 aromatic heterocycles. The van der Waals surface area contributed by atoms with Crippen LogP contribution in [0.4, 0.5) is 22.0 Å². The van der Waals surface area contributed by atoms with Gasteiger partial charge in [-0.2, -0.15) is 0 Å². The molecule has 0 amide bonds. The van der Waals surface area contributed by atoms with E-state index in [0.29, 0.717) is 5.56 Å². The van der Waals surface area contributed by atoms with Crippen LogP contribution in [0.2, 0.25) is 0 Å². The van der Waals surface area contributed by atoms with Gasteiger partial charge in [0.25, 0.3) is 0 Å². The monoisotopic (exact) mass is 394 g/mol. The van der Waals surface area contributed by atoms with E-state index in [1.807, 2.05) is 0 Å². The van der Waals surface area contributed by atoms with Crippen molar-refractivity contribution >= 4 is 21.7 Å². The van der Waals surface area contributed by atoms with Crippen LogP contribution >= 0.6 is 15.9 Å². The minimum Gasteiger partial charge on any atom is -0.489 e. The van der Waals surface area contributed by atoms with Gasteiger partial charge in [-0.15, -0.1) is 0 Å². The first-order valence-corrected chi connectivity index (χ1v) is 7.31. The number of Topliss-reactive ketones (excluding diaryl/α,β-unsaturated/α-hetero) is 1. The molecule has 2 aromatic rings. The van der Waals surface area contributed by atoms with E-state index in [1.54, 1.807) is 0 Å². The van der Waals surface area contributed by atoms with Crippen LogP contribution in [0.25, 0.3) is 0 Å². The number of halogens is 6. The Labute approximate surface area is 136 Å². The summed E-state index contributed by atoms with van der Waals surface area (Å²) in [6, 6.07) is 5.53. The minimum absolute atomic E-state index is 0.111. The van der Waals surface area contributed by atoms with Gasteiger partial charge in [0.2, 0.25) is 5.82 Å². The maximum atomic E-state index is 13.5. The number of hydrogen-bond acceptors (Lipinski definition) is 2. The Balaban J connectivity index is 2.20.